The van der Waals surface area contributed by atoms with Gasteiger partial charge in [0.05, 0.1) is 6.54 Å². The molecule has 0 atom stereocenters. The minimum Gasteiger partial charge on any atom is -0.492 e. The Bertz CT molecular complexity index is 513. The third kappa shape index (κ3) is 2.93. The maximum absolute atomic E-state index is 12.8. The van der Waals surface area contributed by atoms with Crippen LogP contribution in [0.25, 0.3) is 0 Å². The molecule has 0 saturated carbocycles. The lowest BCUT2D eigenvalue weighted by Gasteiger charge is -2.06. The van der Waals surface area contributed by atoms with Gasteiger partial charge in [-0.3, -0.25) is 4.68 Å². The summed E-state index contributed by atoms with van der Waals surface area (Å²) in [6, 6.07) is 5.07. The molecule has 2 aromatic rings. The van der Waals surface area contributed by atoms with E-state index in [1.165, 1.54) is 6.07 Å². The average Bonchev–Trinajstić information content (AvgIpc) is 2.70. The van der Waals surface area contributed by atoms with E-state index in [1.54, 1.807) is 16.9 Å². The highest BCUT2D eigenvalue weighted by molar-refractivity contribution is 5.24. The molecule has 2 N–H and O–H groups in total. The molecule has 17 heavy (non-hydrogen) atoms. The van der Waals surface area contributed by atoms with E-state index in [0.29, 0.717) is 19.0 Å². The zero-order chi connectivity index (χ0) is 12.3. The lowest BCUT2D eigenvalue weighted by molar-refractivity contribution is 0.289. The number of benzene rings is 1. The van der Waals surface area contributed by atoms with Crippen LogP contribution < -0.4 is 10.5 Å². The number of anilines is 1. The predicted octanol–water partition coefficient (Wildman–Crippen LogP) is 1.82. The van der Waals surface area contributed by atoms with Crippen LogP contribution in [-0.2, 0) is 6.54 Å². The van der Waals surface area contributed by atoms with Gasteiger partial charge >= 0.3 is 0 Å². The molecule has 4 nitrogen and oxygen atoms in total. The van der Waals surface area contributed by atoms with E-state index in [9.17, 15) is 8.78 Å². The molecular weight excluding hydrogens is 228 g/mol. The van der Waals surface area contributed by atoms with Crippen molar-refractivity contribution in [3.8, 4) is 5.75 Å². The third-order valence-electron chi connectivity index (χ3n) is 2.14. The normalized spacial score (nSPS) is 10.5. The van der Waals surface area contributed by atoms with Gasteiger partial charge in [0.15, 0.2) is 11.6 Å². The number of nitrogen functional groups attached to an aromatic ring is 1. The fraction of sp³-hybridized carbons (Fsp3) is 0.182. The second-order valence-corrected chi connectivity index (χ2v) is 3.43. The molecule has 0 amide bonds. The van der Waals surface area contributed by atoms with Crippen LogP contribution in [0.3, 0.4) is 0 Å². The maximum Gasteiger partial charge on any atom is 0.162 e. The summed E-state index contributed by atoms with van der Waals surface area (Å²) in [7, 11) is 0. The van der Waals surface area contributed by atoms with Gasteiger partial charge in [-0.15, -0.1) is 0 Å². The van der Waals surface area contributed by atoms with Crippen molar-refractivity contribution in [3.63, 3.8) is 0 Å². The number of aromatic nitrogens is 2. The van der Waals surface area contributed by atoms with Gasteiger partial charge in [0.1, 0.15) is 18.2 Å². The van der Waals surface area contributed by atoms with E-state index in [4.69, 9.17) is 10.5 Å². The van der Waals surface area contributed by atoms with E-state index in [0.717, 1.165) is 12.1 Å². The van der Waals surface area contributed by atoms with Crippen molar-refractivity contribution in [2.75, 3.05) is 12.3 Å². The summed E-state index contributed by atoms with van der Waals surface area (Å²) < 4.78 is 32.3. The van der Waals surface area contributed by atoms with Crippen LogP contribution in [0.5, 0.6) is 5.75 Å². The molecule has 1 aromatic carbocycles. The SMILES string of the molecule is Nc1ccn(CCOc2ccc(F)c(F)c2)n1. The Morgan fingerprint density at radius 2 is 2.06 bits per heavy atom. The number of rotatable bonds is 4. The molecule has 0 aliphatic heterocycles. The summed E-state index contributed by atoms with van der Waals surface area (Å²) in [5.74, 6) is -1.11. The molecule has 0 bridgehead atoms. The number of hydrogen-bond donors (Lipinski definition) is 1. The third-order valence-corrected chi connectivity index (χ3v) is 2.14. The minimum atomic E-state index is -0.925. The van der Waals surface area contributed by atoms with Crippen LogP contribution in [-0.4, -0.2) is 16.4 Å². The Labute approximate surface area is 96.6 Å². The topological polar surface area (TPSA) is 53.1 Å². The fourth-order valence-corrected chi connectivity index (χ4v) is 1.33. The largest absolute Gasteiger partial charge is 0.492 e. The standard InChI is InChI=1S/C11H11F2N3O/c12-9-2-1-8(7-10(9)13)17-6-5-16-4-3-11(14)15-16/h1-4,7H,5-6H2,(H2,14,15). The van der Waals surface area contributed by atoms with Crippen LogP contribution in [0.1, 0.15) is 0 Å². The number of halogens is 2. The second kappa shape index (κ2) is 4.82. The fourth-order valence-electron chi connectivity index (χ4n) is 1.33. The molecule has 0 fully saturated rings. The van der Waals surface area contributed by atoms with Gasteiger partial charge in [-0.2, -0.15) is 5.10 Å². The molecule has 6 heteroatoms. The summed E-state index contributed by atoms with van der Waals surface area (Å²) >= 11 is 0. The van der Waals surface area contributed by atoms with Crippen molar-refractivity contribution in [3.05, 3.63) is 42.1 Å². The molecule has 0 radical (unpaired) electrons. The van der Waals surface area contributed by atoms with Gasteiger partial charge in [-0.05, 0) is 18.2 Å². The lowest BCUT2D eigenvalue weighted by atomic mass is 10.3. The van der Waals surface area contributed by atoms with Crippen molar-refractivity contribution in [1.82, 2.24) is 9.78 Å². The first kappa shape index (κ1) is 11.4. The molecular formula is C11H11F2N3O. The number of nitrogens with zero attached hydrogens (tertiary/aromatic N) is 2. The van der Waals surface area contributed by atoms with Crippen LogP contribution in [0.15, 0.2) is 30.5 Å². The van der Waals surface area contributed by atoms with Crippen LogP contribution in [0.2, 0.25) is 0 Å². The van der Waals surface area contributed by atoms with E-state index in [-0.39, 0.29) is 5.75 Å². The smallest absolute Gasteiger partial charge is 0.162 e. The molecule has 0 aliphatic rings. The summed E-state index contributed by atoms with van der Waals surface area (Å²) in [6.07, 6.45) is 1.71. The van der Waals surface area contributed by atoms with Crippen LogP contribution in [0, 0.1) is 11.6 Å². The van der Waals surface area contributed by atoms with Crippen molar-refractivity contribution < 1.29 is 13.5 Å². The van der Waals surface area contributed by atoms with E-state index in [2.05, 4.69) is 5.10 Å². The van der Waals surface area contributed by atoms with Crippen molar-refractivity contribution in [1.29, 1.82) is 0 Å². The number of ether oxygens (including phenoxy) is 1. The van der Waals surface area contributed by atoms with Gasteiger partial charge in [0, 0.05) is 12.3 Å². The Morgan fingerprint density at radius 3 is 2.71 bits per heavy atom. The molecule has 0 aliphatic carbocycles. The molecule has 1 aromatic heterocycles. The van der Waals surface area contributed by atoms with Crippen LogP contribution >= 0.6 is 0 Å². The lowest BCUT2D eigenvalue weighted by Crippen LogP contribution is -2.09. The Balaban J connectivity index is 1.87. The molecule has 0 saturated heterocycles. The quantitative estimate of drug-likeness (QED) is 0.885. The maximum atomic E-state index is 12.8. The molecule has 0 spiro atoms. The zero-order valence-electron chi connectivity index (χ0n) is 8.94. The van der Waals surface area contributed by atoms with Crippen molar-refractivity contribution >= 4 is 5.82 Å². The monoisotopic (exact) mass is 239 g/mol. The summed E-state index contributed by atoms with van der Waals surface area (Å²) in [6.45, 7) is 0.780. The first-order valence-corrected chi connectivity index (χ1v) is 5.02. The summed E-state index contributed by atoms with van der Waals surface area (Å²) in [4.78, 5) is 0. The number of hydrogen-bond acceptors (Lipinski definition) is 3. The number of nitrogens with two attached hydrogens (primary N) is 1. The minimum absolute atomic E-state index is 0.282. The molecule has 1 heterocycles. The van der Waals surface area contributed by atoms with E-state index in [1.807, 2.05) is 0 Å². The average molecular weight is 239 g/mol. The van der Waals surface area contributed by atoms with Gasteiger partial charge in [-0.1, -0.05) is 0 Å². The Kier molecular flexibility index (Phi) is 3.22. The zero-order valence-corrected chi connectivity index (χ0v) is 8.94. The van der Waals surface area contributed by atoms with Gasteiger partial charge in [-0.25, -0.2) is 8.78 Å². The van der Waals surface area contributed by atoms with Gasteiger partial charge in [0.2, 0.25) is 0 Å². The highest BCUT2D eigenvalue weighted by Gasteiger charge is 2.03. The highest BCUT2D eigenvalue weighted by atomic mass is 19.2. The molecule has 2 rings (SSSR count). The van der Waals surface area contributed by atoms with Crippen molar-refractivity contribution in [2.24, 2.45) is 0 Å². The van der Waals surface area contributed by atoms with E-state index < -0.39 is 11.6 Å². The van der Waals surface area contributed by atoms with Crippen LogP contribution in [0.4, 0.5) is 14.6 Å². The Morgan fingerprint density at radius 1 is 1.24 bits per heavy atom. The van der Waals surface area contributed by atoms with E-state index >= 15 is 0 Å². The molecule has 0 unspecified atom stereocenters. The first-order valence-electron chi connectivity index (χ1n) is 5.02. The second-order valence-electron chi connectivity index (χ2n) is 3.43. The summed E-state index contributed by atoms with van der Waals surface area (Å²) in [5.41, 5.74) is 5.43. The highest BCUT2D eigenvalue weighted by Crippen LogP contribution is 2.15. The Hall–Kier alpha value is -2.11. The van der Waals surface area contributed by atoms with Gasteiger partial charge in [0.25, 0.3) is 0 Å². The molecule has 90 valence electrons. The van der Waals surface area contributed by atoms with Gasteiger partial charge < -0.3 is 10.5 Å². The predicted molar refractivity (Wildman–Crippen MR) is 58.5 cm³/mol. The van der Waals surface area contributed by atoms with Crippen molar-refractivity contribution in [2.45, 2.75) is 6.54 Å². The first-order chi connectivity index (χ1) is 8.15. The summed E-state index contributed by atoms with van der Waals surface area (Å²) in [5, 5.41) is 3.95.